The number of carboxylic acid groups (broad SMARTS) is 1. The normalized spacial score (nSPS) is 29.1. The molecule has 3 N–H and O–H groups in total. The molecule has 2 rings (SSSR count). The Hall–Kier alpha value is -1.26. The molecule has 1 unspecified atom stereocenters. The van der Waals surface area contributed by atoms with Gasteiger partial charge in [-0.3, -0.25) is 4.79 Å². The van der Waals surface area contributed by atoms with Crippen molar-refractivity contribution < 1.29 is 14.7 Å². The molecule has 3 atom stereocenters. The largest absolute Gasteiger partial charge is 0.481 e. The first-order chi connectivity index (χ1) is 9.06. The smallest absolute Gasteiger partial charge is 0.315 e. The van der Waals surface area contributed by atoms with Crippen LogP contribution in [0.15, 0.2) is 0 Å². The first-order valence-corrected chi connectivity index (χ1v) is 7.36. The SMILES string of the molecule is CC(NC(=O)N[C@H]1CC[C@@H](C(=O)O)C1)C1CCCC1. The van der Waals surface area contributed by atoms with E-state index in [1.807, 2.05) is 0 Å². The second kappa shape index (κ2) is 6.26. The van der Waals surface area contributed by atoms with E-state index >= 15 is 0 Å². The molecule has 5 nitrogen and oxygen atoms in total. The summed E-state index contributed by atoms with van der Waals surface area (Å²) in [6, 6.07) is 0.0755. The summed E-state index contributed by atoms with van der Waals surface area (Å²) < 4.78 is 0. The maximum absolute atomic E-state index is 11.9. The molecule has 0 aromatic heterocycles. The Morgan fingerprint density at radius 2 is 1.84 bits per heavy atom. The predicted octanol–water partition coefficient (Wildman–Crippen LogP) is 2.12. The van der Waals surface area contributed by atoms with E-state index in [2.05, 4.69) is 17.6 Å². The van der Waals surface area contributed by atoms with E-state index in [0.717, 1.165) is 6.42 Å². The lowest BCUT2D eigenvalue weighted by Crippen LogP contribution is -2.46. The van der Waals surface area contributed by atoms with Crippen LogP contribution in [0.1, 0.15) is 51.9 Å². The summed E-state index contributed by atoms with van der Waals surface area (Å²) in [5, 5.41) is 14.8. The molecule has 0 radical (unpaired) electrons. The van der Waals surface area contributed by atoms with E-state index < -0.39 is 5.97 Å². The van der Waals surface area contributed by atoms with Crippen molar-refractivity contribution >= 4 is 12.0 Å². The third-order valence-electron chi connectivity index (χ3n) is 4.58. The minimum atomic E-state index is -0.746. The number of carbonyl (C=O) groups excluding carboxylic acids is 1. The minimum absolute atomic E-state index is 0.0110. The maximum Gasteiger partial charge on any atom is 0.315 e. The highest BCUT2D eigenvalue weighted by molar-refractivity contribution is 5.75. The van der Waals surface area contributed by atoms with Gasteiger partial charge < -0.3 is 15.7 Å². The first kappa shape index (κ1) is 14.2. The summed E-state index contributed by atoms with van der Waals surface area (Å²) in [6.07, 6.45) is 6.92. The highest BCUT2D eigenvalue weighted by Crippen LogP contribution is 2.28. The lowest BCUT2D eigenvalue weighted by atomic mass is 10.0. The molecule has 0 aromatic carbocycles. The van der Waals surface area contributed by atoms with Crippen molar-refractivity contribution in [3.63, 3.8) is 0 Å². The van der Waals surface area contributed by atoms with Crippen LogP contribution in [-0.2, 0) is 4.79 Å². The van der Waals surface area contributed by atoms with Crippen molar-refractivity contribution in [3.05, 3.63) is 0 Å². The highest BCUT2D eigenvalue weighted by atomic mass is 16.4. The summed E-state index contributed by atoms with van der Waals surface area (Å²) in [5.74, 6) is -0.442. The van der Waals surface area contributed by atoms with Crippen molar-refractivity contribution in [1.82, 2.24) is 10.6 Å². The molecule has 2 aliphatic rings. The second-order valence-corrected chi connectivity index (χ2v) is 6.00. The third-order valence-corrected chi connectivity index (χ3v) is 4.58. The second-order valence-electron chi connectivity index (χ2n) is 6.00. The van der Waals surface area contributed by atoms with Gasteiger partial charge in [0, 0.05) is 12.1 Å². The number of carboxylic acids is 1. The number of carbonyl (C=O) groups is 2. The number of aliphatic carboxylic acids is 1. The summed E-state index contributed by atoms with van der Waals surface area (Å²) in [5.41, 5.74) is 0. The van der Waals surface area contributed by atoms with Crippen molar-refractivity contribution in [2.75, 3.05) is 0 Å². The lowest BCUT2D eigenvalue weighted by molar-refractivity contribution is -0.141. The van der Waals surface area contributed by atoms with Gasteiger partial charge in [0.05, 0.1) is 5.92 Å². The third kappa shape index (κ3) is 3.85. The fraction of sp³-hybridized carbons (Fsp3) is 0.857. The van der Waals surface area contributed by atoms with Crippen LogP contribution in [0, 0.1) is 11.8 Å². The monoisotopic (exact) mass is 268 g/mol. The number of amides is 2. The molecule has 5 heteroatoms. The van der Waals surface area contributed by atoms with E-state index in [-0.39, 0.29) is 24.0 Å². The summed E-state index contributed by atoms with van der Waals surface area (Å²) in [7, 11) is 0. The minimum Gasteiger partial charge on any atom is -0.481 e. The zero-order chi connectivity index (χ0) is 13.8. The van der Waals surface area contributed by atoms with E-state index in [9.17, 15) is 9.59 Å². The van der Waals surface area contributed by atoms with Crippen LogP contribution >= 0.6 is 0 Å². The summed E-state index contributed by atoms with van der Waals surface area (Å²) in [6.45, 7) is 2.06. The Morgan fingerprint density at radius 1 is 1.16 bits per heavy atom. The molecule has 2 saturated carbocycles. The molecule has 2 aliphatic carbocycles. The number of urea groups is 1. The quantitative estimate of drug-likeness (QED) is 0.730. The van der Waals surface area contributed by atoms with Crippen LogP contribution < -0.4 is 10.6 Å². The van der Waals surface area contributed by atoms with Gasteiger partial charge in [0.1, 0.15) is 0 Å². The fourth-order valence-corrected chi connectivity index (χ4v) is 3.35. The zero-order valence-corrected chi connectivity index (χ0v) is 11.5. The van der Waals surface area contributed by atoms with Crippen molar-refractivity contribution in [2.24, 2.45) is 11.8 Å². The Bertz CT molecular complexity index is 340. The van der Waals surface area contributed by atoms with Crippen LogP contribution in [0.25, 0.3) is 0 Å². The molecule has 0 bridgehead atoms. The van der Waals surface area contributed by atoms with Crippen LogP contribution in [0.3, 0.4) is 0 Å². The average molecular weight is 268 g/mol. The summed E-state index contributed by atoms with van der Waals surface area (Å²) in [4.78, 5) is 22.7. The Kier molecular flexibility index (Phi) is 4.66. The van der Waals surface area contributed by atoms with Crippen molar-refractivity contribution in [1.29, 1.82) is 0 Å². The van der Waals surface area contributed by atoms with Crippen LogP contribution in [0.5, 0.6) is 0 Å². The number of hydrogen-bond acceptors (Lipinski definition) is 2. The molecule has 2 fully saturated rings. The molecule has 108 valence electrons. The van der Waals surface area contributed by atoms with Gasteiger partial charge in [0.25, 0.3) is 0 Å². The Morgan fingerprint density at radius 3 is 2.42 bits per heavy atom. The van der Waals surface area contributed by atoms with Gasteiger partial charge in [-0.15, -0.1) is 0 Å². The first-order valence-electron chi connectivity index (χ1n) is 7.36. The van der Waals surface area contributed by atoms with Crippen LogP contribution in [0.2, 0.25) is 0 Å². The topological polar surface area (TPSA) is 78.4 Å². The maximum atomic E-state index is 11.9. The number of nitrogens with one attached hydrogen (secondary N) is 2. The molecule has 0 spiro atoms. The van der Waals surface area contributed by atoms with Gasteiger partial charge in [0.2, 0.25) is 0 Å². The highest BCUT2D eigenvalue weighted by Gasteiger charge is 2.31. The van der Waals surface area contributed by atoms with E-state index in [4.69, 9.17) is 5.11 Å². The van der Waals surface area contributed by atoms with Gasteiger partial charge in [-0.25, -0.2) is 4.79 Å². The molecule has 2 amide bonds. The number of hydrogen-bond donors (Lipinski definition) is 3. The average Bonchev–Trinajstić information content (AvgIpc) is 2.98. The molecular formula is C14H24N2O3. The standard InChI is InChI=1S/C14H24N2O3/c1-9(10-4-2-3-5-10)15-14(19)16-12-7-6-11(8-12)13(17)18/h9-12H,2-8H2,1H3,(H,17,18)(H2,15,16,19)/t9?,11-,12+/m1/s1. The molecule has 0 aliphatic heterocycles. The molecular weight excluding hydrogens is 244 g/mol. The van der Waals surface area contributed by atoms with Gasteiger partial charge >= 0.3 is 12.0 Å². The molecule has 0 aromatic rings. The predicted molar refractivity (Wildman–Crippen MR) is 71.9 cm³/mol. The van der Waals surface area contributed by atoms with Crippen molar-refractivity contribution in [2.45, 2.75) is 64.0 Å². The van der Waals surface area contributed by atoms with E-state index in [1.54, 1.807) is 0 Å². The van der Waals surface area contributed by atoms with Crippen LogP contribution in [0.4, 0.5) is 4.79 Å². The van der Waals surface area contributed by atoms with Crippen LogP contribution in [-0.4, -0.2) is 29.2 Å². The van der Waals surface area contributed by atoms with E-state index in [0.29, 0.717) is 18.8 Å². The molecule has 0 heterocycles. The Balaban J connectivity index is 1.71. The van der Waals surface area contributed by atoms with Gasteiger partial charge in [-0.1, -0.05) is 12.8 Å². The molecule has 19 heavy (non-hydrogen) atoms. The van der Waals surface area contributed by atoms with Gasteiger partial charge in [0.15, 0.2) is 0 Å². The van der Waals surface area contributed by atoms with Gasteiger partial charge in [-0.05, 0) is 44.9 Å². The van der Waals surface area contributed by atoms with Gasteiger partial charge in [-0.2, -0.15) is 0 Å². The van der Waals surface area contributed by atoms with Crippen molar-refractivity contribution in [3.8, 4) is 0 Å². The fourth-order valence-electron chi connectivity index (χ4n) is 3.35. The number of rotatable bonds is 4. The lowest BCUT2D eigenvalue weighted by Gasteiger charge is -2.22. The zero-order valence-electron chi connectivity index (χ0n) is 11.5. The molecule has 0 saturated heterocycles. The summed E-state index contributed by atoms with van der Waals surface area (Å²) >= 11 is 0. The Labute approximate surface area is 114 Å². The van der Waals surface area contributed by atoms with E-state index in [1.165, 1.54) is 25.7 Å².